The molecule has 128 valence electrons. The third-order valence-corrected chi connectivity index (χ3v) is 4.69. The molecular weight excluding hydrogens is 282 g/mol. The Bertz CT molecular complexity index is 366. The van der Waals surface area contributed by atoms with Crippen LogP contribution in [-0.4, -0.2) is 64.7 Å². The standard InChI is InChI=1S/C16H31N3O3/c1-5-13(6-2)19(8-4)16(22)17-12-9-14(10-12)18(7-3)11-15(20)21/h12-14H,5-11H2,1-4H3,(H,17,22)(H,20,21). The van der Waals surface area contributed by atoms with E-state index < -0.39 is 5.97 Å². The Morgan fingerprint density at radius 2 is 1.73 bits per heavy atom. The largest absolute Gasteiger partial charge is 0.480 e. The van der Waals surface area contributed by atoms with E-state index in [1.165, 1.54) is 0 Å². The van der Waals surface area contributed by atoms with Gasteiger partial charge in [0.25, 0.3) is 0 Å². The summed E-state index contributed by atoms with van der Waals surface area (Å²) >= 11 is 0. The highest BCUT2D eigenvalue weighted by atomic mass is 16.4. The summed E-state index contributed by atoms with van der Waals surface area (Å²) in [6.45, 7) is 9.72. The number of rotatable bonds is 9. The number of nitrogens with one attached hydrogen (secondary N) is 1. The number of nitrogens with zero attached hydrogens (tertiary/aromatic N) is 2. The van der Waals surface area contributed by atoms with Crippen molar-refractivity contribution in [2.75, 3.05) is 19.6 Å². The molecule has 0 bridgehead atoms. The first-order chi connectivity index (χ1) is 10.5. The lowest BCUT2D eigenvalue weighted by atomic mass is 9.85. The fourth-order valence-electron chi connectivity index (χ4n) is 3.23. The van der Waals surface area contributed by atoms with Crippen LogP contribution >= 0.6 is 0 Å². The second kappa shape index (κ2) is 8.98. The van der Waals surface area contributed by atoms with E-state index in [9.17, 15) is 9.59 Å². The van der Waals surface area contributed by atoms with Crippen LogP contribution in [0, 0.1) is 0 Å². The molecule has 22 heavy (non-hydrogen) atoms. The minimum atomic E-state index is -0.791. The zero-order valence-corrected chi connectivity index (χ0v) is 14.3. The summed E-state index contributed by atoms with van der Waals surface area (Å²) in [7, 11) is 0. The third kappa shape index (κ3) is 4.87. The van der Waals surface area contributed by atoms with Gasteiger partial charge in [0.15, 0.2) is 0 Å². The molecule has 0 aromatic carbocycles. The van der Waals surface area contributed by atoms with Crippen LogP contribution in [0.1, 0.15) is 53.4 Å². The molecule has 6 heteroatoms. The Morgan fingerprint density at radius 3 is 2.14 bits per heavy atom. The molecule has 0 unspecified atom stereocenters. The van der Waals surface area contributed by atoms with Crippen molar-refractivity contribution in [1.82, 2.24) is 15.1 Å². The first kappa shape index (κ1) is 18.7. The van der Waals surface area contributed by atoms with Crippen molar-refractivity contribution < 1.29 is 14.7 Å². The van der Waals surface area contributed by atoms with Crippen LogP contribution in [0.5, 0.6) is 0 Å². The Hall–Kier alpha value is -1.30. The molecule has 1 rings (SSSR count). The van der Waals surface area contributed by atoms with E-state index in [-0.39, 0.29) is 24.7 Å². The van der Waals surface area contributed by atoms with Crippen LogP contribution in [0.2, 0.25) is 0 Å². The maximum Gasteiger partial charge on any atom is 0.317 e. The number of carbonyl (C=O) groups excluding carboxylic acids is 1. The van der Waals surface area contributed by atoms with Crippen LogP contribution in [0.3, 0.4) is 0 Å². The summed E-state index contributed by atoms with van der Waals surface area (Å²) in [6, 6.07) is 0.749. The van der Waals surface area contributed by atoms with Gasteiger partial charge in [-0.2, -0.15) is 0 Å². The predicted octanol–water partition coefficient (Wildman–Crippen LogP) is 2.14. The number of carboxylic acids is 1. The maximum atomic E-state index is 12.4. The highest BCUT2D eigenvalue weighted by Gasteiger charge is 2.35. The molecule has 2 amide bonds. The fraction of sp³-hybridized carbons (Fsp3) is 0.875. The predicted molar refractivity (Wildman–Crippen MR) is 87.0 cm³/mol. The van der Waals surface area contributed by atoms with Gasteiger partial charge in [0, 0.05) is 24.7 Å². The SMILES string of the molecule is CCC(CC)N(CC)C(=O)NC1CC(N(CC)CC(=O)O)C1. The Labute approximate surface area is 133 Å². The summed E-state index contributed by atoms with van der Waals surface area (Å²) < 4.78 is 0. The fourth-order valence-corrected chi connectivity index (χ4v) is 3.23. The van der Waals surface area contributed by atoms with Gasteiger partial charge in [0.2, 0.25) is 0 Å². The van der Waals surface area contributed by atoms with Crippen molar-refractivity contribution in [2.45, 2.75) is 71.5 Å². The number of carboxylic acid groups (broad SMARTS) is 1. The highest BCUT2D eigenvalue weighted by Crippen LogP contribution is 2.26. The lowest BCUT2D eigenvalue weighted by Crippen LogP contribution is -2.57. The maximum absolute atomic E-state index is 12.4. The van der Waals surface area contributed by atoms with Crippen molar-refractivity contribution in [3.63, 3.8) is 0 Å². The normalized spacial score (nSPS) is 20.8. The first-order valence-electron chi connectivity index (χ1n) is 8.49. The van der Waals surface area contributed by atoms with Crippen LogP contribution < -0.4 is 5.32 Å². The molecule has 1 saturated carbocycles. The van der Waals surface area contributed by atoms with Gasteiger partial charge in [0.05, 0.1) is 6.54 Å². The smallest absolute Gasteiger partial charge is 0.317 e. The second-order valence-electron chi connectivity index (χ2n) is 5.98. The van der Waals surface area contributed by atoms with E-state index in [1.807, 2.05) is 23.6 Å². The zero-order valence-electron chi connectivity index (χ0n) is 14.3. The number of hydrogen-bond donors (Lipinski definition) is 2. The third-order valence-electron chi connectivity index (χ3n) is 4.69. The first-order valence-corrected chi connectivity index (χ1v) is 8.49. The summed E-state index contributed by atoms with van der Waals surface area (Å²) in [5, 5.41) is 12.0. The molecule has 0 atom stereocenters. The quantitative estimate of drug-likeness (QED) is 0.684. The van der Waals surface area contributed by atoms with E-state index in [1.54, 1.807) is 0 Å². The highest BCUT2D eigenvalue weighted by molar-refractivity contribution is 5.75. The summed E-state index contributed by atoms with van der Waals surface area (Å²) in [4.78, 5) is 27.1. The van der Waals surface area contributed by atoms with Crippen molar-refractivity contribution >= 4 is 12.0 Å². The van der Waals surface area contributed by atoms with Gasteiger partial charge in [-0.1, -0.05) is 20.8 Å². The van der Waals surface area contributed by atoms with Gasteiger partial charge in [-0.15, -0.1) is 0 Å². The minimum Gasteiger partial charge on any atom is -0.480 e. The average molecular weight is 313 g/mol. The number of aliphatic carboxylic acids is 1. The Kier molecular flexibility index (Phi) is 7.65. The van der Waals surface area contributed by atoms with Crippen LogP contribution in [0.15, 0.2) is 0 Å². The van der Waals surface area contributed by atoms with Gasteiger partial charge in [-0.3, -0.25) is 9.69 Å². The van der Waals surface area contributed by atoms with Crippen molar-refractivity contribution in [2.24, 2.45) is 0 Å². The van der Waals surface area contributed by atoms with E-state index in [4.69, 9.17) is 5.11 Å². The molecule has 1 fully saturated rings. The van der Waals surface area contributed by atoms with Crippen LogP contribution in [-0.2, 0) is 4.79 Å². The van der Waals surface area contributed by atoms with Crippen LogP contribution in [0.25, 0.3) is 0 Å². The number of carbonyl (C=O) groups is 2. The molecule has 2 N–H and O–H groups in total. The van der Waals surface area contributed by atoms with Gasteiger partial charge in [0.1, 0.15) is 0 Å². The average Bonchev–Trinajstić information content (AvgIpc) is 2.45. The second-order valence-corrected chi connectivity index (χ2v) is 5.98. The topological polar surface area (TPSA) is 72.9 Å². The van der Waals surface area contributed by atoms with E-state index >= 15 is 0 Å². The molecular formula is C16H31N3O3. The molecule has 0 spiro atoms. The molecule has 0 aromatic heterocycles. The van der Waals surface area contributed by atoms with Crippen molar-refractivity contribution in [3.8, 4) is 0 Å². The summed E-state index contributed by atoms with van der Waals surface area (Å²) in [5.41, 5.74) is 0. The lowest BCUT2D eigenvalue weighted by Gasteiger charge is -2.43. The monoisotopic (exact) mass is 313 g/mol. The molecule has 0 heterocycles. The molecule has 1 aliphatic carbocycles. The minimum absolute atomic E-state index is 0.0148. The van der Waals surface area contributed by atoms with Gasteiger partial charge >= 0.3 is 12.0 Å². The molecule has 0 saturated heterocycles. The molecule has 6 nitrogen and oxygen atoms in total. The molecule has 1 aliphatic rings. The van der Waals surface area contributed by atoms with Crippen LogP contribution in [0.4, 0.5) is 4.79 Å². The molecule has 0 aromatic rings. The van der Waals surface area contributed by atoms with E-state index in [2.05, 4.69) is 19.2 Å². The molecule has 0 aliphatic heterocycles. The summed E-state index contributed by atoms with van der Waals surface area (Å²) in [5.74, 6) is -0.791. The molecule has 0 radical (unpaired) electrons. The lowest BCUT2D eigenvalue weighted by molar-refractivity contribution is -0.139. The van der Waals surface area contributed by atoms with Gasteiger partial charge in [-0.05, 0) is 39.2 Å². The number of amides is 2. The number of likely N-dealkylation sites (N-methyl/N-ethyl adjacent to an activating group) is 1. The van der Waals surface area contributed by atoms with E-state index in [0.29, 0.717) is 12.6 Å². The Morgan fingerprint density at radius 1 is 1.14 bits per heavy atom. The summed E-state index contributed by atoms with van der Waals surface area (Å²) in [6.07, 6.45) is 3.61. The number of hydrogen-bond acceptors (Lipinski definition) is 3. The van der Waals surface area contributed by atoms with Gasteiger partial charge in [-0.25, -0.2) is 4.79 Å². The number of urea groups is 1. The Balaban J connectivity index is 2.43. The van der Waals surface area contributed by atoms with Crippen molar-refractivity contribution in [1.29, 1.82) is 0 Å². The zero-order chi connectivity index (χ0) is 16.7. The van der Waals surface area contributed by atoms with Gasteiger partial charge < -0.3 is 15.3 Å². The van der Waals surface area contributed by atoms with Crippen molar-refractivity contribution in [3.05, 3.63) is 0 Å². The van der Waals surface area contributed by atoms with E-state index in [0.717, 1.165) is 32.2 Å².